The van der Waals surface area contributed by atoms with Crippen molar-refractivity contribution in [2.24, 2.45) is 0 Å². The van der Waals surface area contributed by atoms with E-state index in [1.807, 2.05) is 6.92 Å². The topological polar surface area (TPSA) is 85.9 Å². The Morgan fingerprint density at radius 2 is 1.96 bits per heavy atom. The smallest absolute Gasteiger partial charge is 0.338 e. The standard InChI is InChI=1S/C17H21ClN2O5/c1-5-11-13(16(21)25-6-2)14(20-17(22)19-11)9-7-10(18)15(24-4)12(8-9)23-3/h7-8,14H,5-6H2,1-4H3,(H2,19,20,22). The summed E-state index contributed by atoms with van der Waals surface area (Å²) >= 11 is 6.26. The summed E-state index contributed by atoms with van der Waals surface area (Å²) in [6.07, 6.45) is 0.471. The van der Waals surface area contributed by atoms with Crippen LogP contribution in [0.5, 0.6) is 11.5 Å². The van der Waals surface area contributed by atoms with E-state index < -0.39 is 18.0 Å². The summed E-state index contributed by atoms with van der Waals surface area (Å²) in [5.41, 5.74) is 1.44. The summed E-state index contributed by atoms with van der Waals surface area (Å²) in [5.74, 6) is 0.285. The van der Waals surface area contributed by atoms with E-state index in [1.54, 1.807) is 19.1 Å². The van der Waals surface area contributed by atoms with Crippen molar-refractivity contribution in [2.45, 2.75) is 26.3 Å². The Hall–Kier alpha value is -2.41. The highest BCUT2D eigenvalue weighted by molar-refractivity contribution is 6.32. The van der Waals surface area contributed by atoms with Gasteiger partial charge in [-0.2, -0.15) is 0 Å². The van der Waals surface area contributed by atoms with Crippen LogP contribution in [0.4, 0.5) is 4.79 Å². The van der Waals surface area contributed by atoms with Gasteiger partial charge in [0.1, 0.15) is 0 Å². The van der Waals surface area contributed by atoms with E-state index in [9.17, 15) is 9.59 Å². The Balaban J connectivity index is 2.59. The van der Waals surface area contributed by atoms with Crippen molar-refractivity contribution in [3.05, 3.63) is 34.0 Å². The number of carbonyl (C=O) groups excluding carboxylic acids is 2. The van der Waals surface area contributed by atoms with Gasteiger partial charge < -0.3 is 24.8 Å². The molecule has 0 bridgehead atoms. The van der Waals surface area contributed by atoms with Crippen molar-refractivity contribution >= 4 is 23.6 Å². The number of methoxy groups -OCH3 is 2. The van der Waals surface area contributed by atoms with Crippen LogP contribution < -0.4 is 20.1 Å². The second kappa shape index (κ2) is 8.11. The summed E-state index contributed by atoms with van der Waals surface area (Å²) in [7, 11) is 2.97. The molecule has 7 nitrogen and oxygen atoms in total. The Morgan fingerprint density at radius 1 is 1.24 bits per heavy atom. The number of urea groups is 1. The maximum absolute atomic E-state index is 12.5. The van der Waals surface area contributed by atoms with Gasteiger partial charge in [-0.15, -0.1) is 0 Å². The molecule has 1 heterocycles. The molecule has 1 aliphatic heterocycles. The predicted molar refractivity (Wildman–Crippen MR) is 92.9 cm³/mol. The number of esters is 1. The lowest BCUT2D eigenvalue weighted by atomic mass is 9.94. The number of hydrogen-bond acceptors (Lipinski definition) is 5. The summed E-state index contributed by atoms with van der Waals surface area (Å²) in [5, 5.41) is 5.71. The Morgan fingerprint density at radius 3 is 2.52 bits per heavy atom. The van der Waals surface area contributed by atoms with Gasteiger partial charge in [0, 0.05) is 5.70 Å². The minimum Gasteiger partial charge on any atom is -0.493 e. The molecule has 136 valence electrons. The molecule has 25 heavy (non-hydrogen) atoms. The average Bonchev–Trinajstić information content (AvgIpc) is 2.60. The first kappa shape index (κ1) is 18.9. The third-order valence-electron chi connectivity index (χ3n) is 3.79. The molecule has 1 aromatic carbocycles. The van der Waals surface area contributed by atoms with Crippen LogP contribution in [0, 0.1) is 0 Å². The minimum absolute atomic E-state index is 0.229. The van der Waals surface area contributed by atoms with E-state index >= 15 is 0 Å². The van der Waals surface area contributed by atoms with E-state index in [4.69, 9.17) is 25.8 Å². The van der Waals surface area contributed by atoms with Gasteiger partial charge >= 0.3 is 12.0 Å². The van der Waals surface area contributed by atoms with E-state index in [1.165, 1.54) is 14.2 Å². The third-order valence-corrected chi connectivity index (χ3v) is 4.07. The molecule has 2 N–H and O–H groups in total. The van der Waals surface area contributed by atoms with Crippen LogP contribution in [-0.4, -0.2) is 32.8 Å². The molecule has 1 unspecified atom stereocenters. The number of carbonyl (C=O) groups is 2. The highest BCUT2D eigenvalue weighted by Crippen LogP contribution is 2.40. The number of hydrogen-bond donors (Lipinski definition) is 2. The molecule has 1 aromatic rings. The SMILES string of the molecule is CCOC(=O)C1=C(CC)NC(=O)NC1c1cc(Cl)c(OC)c(OC)c1. The summed E-state index contributed by atoms with van der Waals surface area (Å²) in [6.45, 7) is 3.80. The third kappa shape index (κ3) is 3.82. The van der Waals surface area contributed by atoms with Crippen LogP contribution in [0.15, 0.2) is 23.4 Å². The molecule has 1 atom stereocenters. The second-order valence-electron chi connectivity index (χ2n) is 5.24. The molecule has 0 aliphatic carbocycles. The molecule has 0 spiro atoms. The molecule has 0 saturated heterocycles. The van der Waals surface area contributed by atoms with Gasteiger partial charge in [-0.3, -0.25) is 0 Å². The Bertz CT molecular complexity index is 717. The fraction of sp³-hybridized carbons (Fsp3) is 0.412. The van der Waals surface area contributed by atoms with Crippen molar-refractivity contribution in [2.75, 3.05) is 20.8 Å². The van der Waals surface area contributed by atoms with Gasteiger partial charge in [-0.25, -0.2) is 9.59 Å². The van der Waals surface area contributed by atoms with Gasteiger partial charge in [-0.05, 0) is 31.0 Å². The largest absolute Gasteiger partial charge is 0.493 e. The fourth-order valence-electron chi connectivity index (χ4n) is 2.70. The van der Waals surface area contributed by atoms with Gasteiger partial charge in [0.15, 0.2) is 11.5 Å². The molecule has 0 fully saturated rings. The van der Waals surface area contributed by atoms with Crippen molar-refractivity contribution in [3.8, 4) is 11.5 Å². The number of ether oxygens (including phenoxy) is 3. The maximum atomic E-state index is 12.5. The average molecular weight is 369 g/mol. The summed E-state index contributed by atoms with van der Waals surface area (Å²) in [6, 6.07) is 2.19. The van der Waals surface area contributed by atoms with Gasteiger partial charge in [0.25, 0.3) is 0 Å². The Kier molecular flexibility index (Phi) is 6.14. The number of allylic oxidation sites excluding steroid dienone is 1. The summed E-state index contributed by atoms with van der Waals surface area (Å²) in [4.78, 5) is 24.5. The first-order chi connectivity index (χ1) is 12.0. The molecular weight excluding hydrogens is 348 g/mol. The number of halogens is 1. The molecule has 0 radical (unpaired) electrons. The quantitative estimate of drug-likeness (QED) is 0.754. The predicted octanol–water partition coefficient (Wildman–Crippen LogP) is 2.94. The molecular formula is C17H21ClN2O5. The monoisotopic (exact) mass is 368 g/mol. The van der Waals surface area contributed by atoms with E-state index in [-0.39, 0.29) is 6.61 Å². The zero-order valence-electron chi connectivity index (χ0n) is 14.6. The fourth-order valence-corrected chi connectivity index (χ4v) is 3.00. The lowest BCUT2D eigenvalue weighted by molar-refractivity contribution is -0.139. The van der Waals surface area contributed by atoms with E-state index in [0.29, 0.717) is 39.8 Å². The maximum Gasteiger partial charge on any atom is 0.338 e. The van der Waals surface area contributed by atoms with Crippen LogP contribution in [0.25, 0.3) is 0 Å². The highest BCUT2D eigenvalue weighted by Gasteiger charge is 2.34. The van der Waals surface area contributed by atoms with Crippen LogP contribution in [0.1, 0.15) is 31.9 Å². The van der Waals surface area contributed by atoms with Crippen molar-refractivity contribution < 1.29 is 23.8 Å². The molecule has 2 rings (SSSR count). The van der Waals surface area contributed by atoms with E-state index in [0.717, 1.165) is 0 Å². The van der Waals surface area contributed by atoms with Crippen LogP contribution in [-0.2, 0) is 9.53 Å². The zero-order valence-corrected chi connectivity index (χ0v) is 15.3. The first-order valence-electron chi connectivity index (χ1n) is 7.85. The van der Waals surface area contributed by atoms with Crippen molar-refractivity contribution in [3.63, 3.8) is 0 Å². The first-order valence-corrected chi connectivity index (χ1v) is 8.23. The molecule has 0 aromatic heterocycles. The number of nitrogens with one attached hydrogen (secondary N) is 2. The van der Waals surface area contributed by atoms with Crippen LogP contribution in [0.3, 0.4) is 0 Å². The molecule has 8 heteroatoms. The van der Waals surface area contributed by atoms with Crippen molar-refractivity contribution in [1.82, 2.24) is 10.6 Å². The zero-order chi connectivity index (χ0) is 18.6. The lowest BCUT2D eigenvalue weighted by Crippen LogP contribution is -2.45. The normalized spacial score (nSPS) is 16.8. The van der Waals surface area contributed by atoms with Gasteiger partial charge in [0.2, 0.25) is 0 Å². The molecule has 2 amide bonds. The number of rotatable bonds is 6. The molecule has 1 aliphatic rings. The number of amides is 2. The summed E-state index contributed by atoms with van der Waals surface area (Å²) < 4.78 is 15.7. The van der Waals surface area contributed by atoms with E-state index in [2.05, 4.69) is 10.6 Å². The van der Waals surface area contributed by atoms with Crippen molar-refractivity contribution in [1.29, 1.82) is 0 Å². The second-order valence-corrected chi connectivity index (χ2v) is 5.64. The number of benzene rings is 1. The van der Waals surface area contributed by atoms with Crippen LogP contribution >= 0.6 is 11.6 Å². The minimum atomic E-state index is -0.708. The van der Waals surface area contributed by atoms with Gasteiger partial charge in [0.05, 0.1) is 37.5 Å². The van der Waals surface area contributed by atoms with Gasteiger partial charge in [-0.1, -0.05) is 18.5 Å². The van der Waals surface area contributed by atoms with Crippen LogP contribution in [0.2, 0.25) is 5.02 Å². The lowest BCUT2D eigenvalue weighted by Gasteiger charge is -2.29. The highest BCUT2D eigenvalue weighted by atomic mass is 35.5. The Labute approximate surface area is 151 Å². The molecule has 0 saturated carbocycles.